The minimum absolute atomic E-state index is 0. The molecule has 14 heavy (non-hydrogen) atoms. The van der Waals surface area contributed by atoms with Crippen molar-refractivity contribution in [3.8, 4) is 0 Å². The largest absolute Gasteiger partial charge is 1.00 e. The minimum Gasteiger partial charge on any atom is -0.449 e. The fourth-order valence-electron chi connectivity index (χ4n) is 0.949. The number of rotatable bonds is 2. The van der Waals surface area contributed by atoms with Crippen molar-refractivity contribution in [2.24, 2.45) is 0 Å². The average Bonchev–Trinajstić information content (AvgIpc) is 1.94. The van der Waals surface area contributed by atoms with Gasteiger partial charge in [0.15, 0.2) is 0 Å². The van der Waals surface area contributed by atoms with Gasteiger partial charge in [0.05, 0.1) is 0 Å². The van der Waals surface area contributed by atoms with Gasteiger partial charge in [0.25, 0.3) is 0 Å². The van der Waals surface area contributed by atoms with E-state index in [2.05, 4.69) is 15.9 Å². The maximum atomic E-state index is 12.5. The normalized spacial score (nSPS) is 10.9. The zero-order valence-electron chi connectivity index (χ0n) is 7.41. The average molecular weight is 295 g/mol. The van der Waals surface area contributed by atoms with Gasteiger partial charge < -0.3 is 12.9 Å². The molecule has 0 bridgehead atoms. The summed E-state index contributed by atoms with van der Waals surface area (Å²) < 4.78 is 48.7. The summed E-state index contributed by atoms with van der Waals surface area (Å²) in [6, 6.07) is 3.27. The van der Waals surface area contributed by atoms with Gasteiger partial charge in [-0.1, -0.05) is 27.8 Å². The van der Waals surface area contributed by atoms with Gasteiger partial charge in [0, 0.05) is 4.47 Å². The zero-order chi connectivity index (χ0) is 10.1. The molecule has 0 aliphatic rings. The van der Waals surface area contributed by atoms with Crippen molar-refractivity contribution in [1.29, 1.82) is 0 Å². The Bertz CT molecular complexity index is 315. The second-order valence-electron chi connectivity index (χ2n) is 2.65. The molecule has 1 aromatic rings. The monoisotopic (exact) mass is 294 g/mol. The Morgan fingerprint density at radius 2 is 1.79 bits per heavy atom. The van der Waals surface area contributed by atoms with Gasteiger partial charge in [-0.25, -0.2) is 4.39 Å². The fraction of sp³-hybridized carbons (Fsp3) is 0.143. The van der Waals surface area contributed by atoms with Gasteiger partial charge in [0.2, 0.25) is 0 Å². The van der Waals surface area contributed by atoms with Gasteiger partial charge >= 0.3 is 58.4 Å². The first-order valence-electron chi connectivity index (χ1n) is 3.53. The van der Waals surface area contributed by atoms with Crippen LogP contribution in [0.1, 0.15) is 5.56 Å². The van der Waals surface area contributed by atoms with E-state index in [1.54, 1.807) is 0 Å². The van der Waals surface area contributed by atoms with Crippen molar-refractivity contribution in [2.45, 2.75) is 6.32 Å². The predicted octanol–water partition coefficient (Wildman–Crippen LogP) is 0.521. The minimum atomic E-state index is -4.91. The van der Waals surface area contributed by atoms with E-state index in [0.717, 1.165) is 12.1 Å². The standard InChI is InChI=1S/C7H5BBrF4.K/c9-7-2-1-6(10)3-5(7)4-8(11,12)13;/h1-3H,4H2;/q-1;+1. The van der Waals surface area contributed by atoms with Gasteiger partial charge in [-0.2, -0.15) is 0 Å². The molecule has 0 saturated heterocycles. The molecule has 0 aliphatic heterocycles. The predicted molar refractivity (Wildman–Crippen MR) is 46.9 cm³/mol. The molecule has 0 aromatic heterocycles. The molecule has 0 N–H and O–H groups in total. The number of benzene rings is 1. The summed E-state index contributed by atoms with van der Waals surface area (Å²) in [4.78, 5) is 0. The zero-order valence-corrected chi connectivity index (χ0v) is 12.1. The molecule has 1 aromatic carbocycles. The molecule has 72 valence electrons. The Kier molecular flexibility index (Phi) is 6.49. The molecule has 0 heterocycles. The van der Waals surface area contributed by atoms with Crippen LogP contribution in [0, 0.1) is 5.82 Å². The van der Waals surface area contributed by atoms with E-state index in [9.17, 15) is 17.3 Å². The summed E-state index contributed by atoms with van der Waals surface area (Å²) >= 11 is 2.93. The van der Waals surface area contributed by atoms with Gasteiger partial charge in [-0.15, -0.1) is 0 Å². The SMILES string of the molecule is Fc1ccc(Br)c(C[B-](F)(F)F)c1.[K+]. The van der Waals surface area contributed by atoms with Crippen molar-refractivity contribution in [3.63, 3.8) is 0 Å². The smallest absolute Gasteiger partial charge is 0.449 e. The van der Waals surface area contributed by atoms with Crippen molar-refractivity contribution >= 4 is 22.9 Å². The Balaban J connectivity index is 0.00000169. The third-order valence-corrected chi connectivity index (χ3v) is 2.23. The molecule has 1 rings (SSSR count). The van der Waals surface area contributed by atoms with Crippen molar-refractivity contribution < 1.29 is 68.7 Å². The summed E-state index contributed by atoms with van der Waals surface area (Å²) in [7, 11) is 0. The molecule has 7 heteroatoms. The summed E-state index contributed by atoms with van der Waals surface area (Å²) in [6.45, 7) is -4.91. The molecule has 0 spiro atoms. The first-order chi connectivity index (χ1) is 5.88. The maximum Gasteiger partial charge on any atom is 1.00 e. The fourth-order valence-corrected chi connectivity index (χ4v) is 1.36. The molecular formula is C7H5BBrF4K. The molecule has 0 amide bonds. The van der Waals surface area contributed by atoms with Crippen LogP contribution in [0.15, 0.2) is 22.7 Å². The molecular weight excluding hydrogens is 290 g/mol. The molecule has 0 atom stereocenters. The second kappa shape index (κ2) is 6.01. The molecule has 0 saturated carbocycles. The Morgan fingerprint density at radius 3 is 2.29 bits per heavy atom. The van der Waals surface area contributed by atoms with Crippen molar-refractivity contribution in [1.82, 2.24) is 0 Å². The number of hydrogen-bond acceptors (Lipinski definition) is 0. The maximum absolute atomic E-state index is 12.5. The summed E-state index contributed by atoms with van der Waals surface area (Å²) in [6.07, 6.45) is -1.06. The van der Waals surface area contributed by atoms with E-state index in [1.165, 1.54) is 6.07 Å². The van der Waals surface area contributed by atoms with E-state index in [-0.39, 0.29) is 61.4 Å². The van der Waals surface area contributed by atoms with Crippen LogP contribution in [-0.2, 0) is 6.32 Å². The van der Waals surface area contributed by atoms with Crippen LogP contribution in [0.3, 0.4) is 0 Å². The van der Waals surface area contributed by atoms with Crippen molar-refractivity contribution in [2.75, 3.05) is 0 Å². The Hall–Kier alpha value is 1.12. The van der Waals surface area contributed by atoms with E-state index in [4.69, 9.17) is 0 Å². The number of halogens is 5. The third kappa shape index (κ3) is 5.27. The van der Waals surface area contributed by atoms with Crippen molar-refractivity contribution in [3.05, 3.63) is 34.1 Å². The van der Waals surface area contributed by atoms with Gasteiger partial charge in [-0.3, -0.25) is 0 Å². The molecule has 0 nitrogen and oxygen atoms in total. The topological polar surface area (TPSA) is 0 Å². The Morgan fingerprint density at radius 1 is 1.21 bits per heavy atom. The molecule has 0 radical (unpaired) electrons. The van der Waals surface area contributed by atoms with E-state index < -0.39 is 19.1 Å². The first-order valence-corrected chi connectivity index (χ1v) is 4.33. The van der Waals surface area contributed by atoms with Gasteiger partial charge in [0.1, 0.15) is 5.82 Å². The second-order valence-corrected chi connectivity index (χ2v) is 3.50. The van der Waals surface area contributed by atoms with Gasteiger partial charge in [-0.05, 0) is 18.2 Å². The van der Waals surface area contributed by atoms with E-state index in [0.29, 0.717) is 0 Å². The van der Waals surface area contributed by atoms with Crippen LogP contribution < -0.4 is 51.4 Å². The van der Waals surface area contributed by atoms with Crippen LogP contribution >= 0.6 is 15.9 Å². The number of hydrogen-bond donors (Lipinski definition) is 0. The molecule has 0 aliphatic carbocycles. The van der Waals surface area contributed by atoms with Crippen LogP contribution in [0.2, 0.25) is 0 Å². The molecule has 0 fully saturated rings. The van der Waals surface area contributed by atoms with Crippen LogP contribution in [-0.4, -0.2) is 6.98 Å². The summed E-state index contributed by atoms with van der Waals surface area (Å²) in [5.41, 5.74) is -0.0625. The Labute approximate surface area is 130 Å². The van der Waals surface area contributed by atoms with Crippen LogP contribution in [0.25, 0.3) is 0 Å². The van der Waals surface area contributed by atoms with E-state index in [1.807, 2.05) is 0 Å². The van der Waals surface area contributed by atoms with Crippen LogP contribution in [0.4, 0.5) is 17.3 Å². The summed E-state index contributed by atoms with van der Waals surface area (Å²) in [5, 5.41) is 0. The third-order valence-electron chi connectivity index (χ3n) is 1.46. The summed E-state index contributed by atoms with van der Waals surface area (Å²) in [5.74, 6) is -0.654. The van der Waals surface area contributed by atoms with E-state index >= 15 is 0 Å². The quantitative estimate of drug-likeness (QED) is 0.551. The van der Waals surface area contributed by atoms with Crippen LogP contribution in [0.5, 0.6) is 0 Å². The molecule has 0 unspecified atom stereocenters. The first kappa shape index (κ1) is 15.1.